The van der Waals surface area contributed by atoms with Crippen LogP contribution >= 0.6 is 0 Å². The molecule has 8 nitrogen and oxygen atoms in total. The van der Waals surface area contributed by atoms with Crippen molar-refractivity contribution in [3.05, 3.63) is 88.1 Å². The molecule has 0 unspecified atom stereocenters. The highest BCUT2D eigenvalue weighted by Gasteiger charge is 2.28. The first-order valence-corrected chi connectivity index (χ1v) is 10.4. The van der Waals surface area contributed by atoms with Crippen molar-refractivity contribution in [2.45, 2.75) is 12.3 Å². The second kappa shape index (κ2) is 8.50. The van der Waals surface area contributed by atoms with Crippen molar-refractivity contribution >= 4 is 23.2 Å². The standard InChI is InChI=1S/C24H21N5O3/c30-23-21-20(28-29-22(21)26-14-27-23)11-5-6-12-25-24(31)32-13-19-17-9-3-1-7-15(17)16-8-2-4-10-18(16)19/h1-5,7-11,14,19H,6,12-13H2,(H,25,31)(H2,26,27,28,29,30). The van der Waals surface area contributed by atoms with E-state index in [0.29, 0.717) is 29.7 Å². The number of ether oxygens (including phenoxy) is 1. The zero-order valence-electron chi connectivity index (χ0n) is 17.2. The van der Waals surface area contributed by atoms with Crippen LogP contribution in [0.5, 0.6) is 0 Å². The highest BCUT2D eigenvalue weighted by Crippen LogP contribution is 2.44. The van der Waals surface area contributed by atoms with E-state index in [1.807, 2.05) is 30.3 Å². The summed E-state index contributed by atoms with van der Waals surface area (Å²) in [6.07, 6.45) is 5.04. The van der Waals surface area contributed by atoms with E-state index in [2.05, 4.69) is 49.7 Å². The van der Waals surface area contributed by atoms with Gasteiger partial charge in [0.25, 0.3) is 5.56 Å². The summed E-state index contributed by atoms with van der Waals surface area (Å²) in [5, 5.41) is 9.97. The van der Waals surface area contributed by atoms with Crippen molar-refractivity contribution in [1.82, 2.24) is 25.5 Å². The normalized spacial score (nSPS) is 12.8. The Hall–Kier alpha value is -4.20. The van der Waals surface area contributed by atoms with Gasteiger partial charge in [-0.3, -0.25) is 9.89 Å². The number of carbonyl (C=O) groups excluding carboxylic acids is 1. The van der Waals surface area contributed by atoms with Crippen molar-refractivity contribution in [3.63, 3.8) is 0 Å². The molecule has 2 heterocycles. The van der Waals surface area contributed by atoms with Crippen molar-refractivity contribution in [3.8, 4) is 11.1 Å². The maximum absolute atomic E-state index is 12.2. The minimum atomic E-state index is -0.451. The van der Waals surface area contributed by atoms with Gasteiger partial charge in [0, 0.05) is 12.5 Å². The fourth-order valence-corrected chi connectivity index (χ4v) is 4.12. The van der Waals surface area contributed by atoms with Crippen LogP contribution in [-0.4, -0.2) is 39.4 Å². The molecule has 1 aliphatic carbocycles. The van der Waals surface area contributed by atoms with E-state index >= 15 is 0 Å². The second-order valence-electron chi connectivity index (χ2n) is 7.51. The first-order valence-electron chi connectivity index (χ1n) is 10.4. The third-order valence-corrected chi connectivity index (χ3v) is 5.59. The Morgan fingerprint density at radius 3 is 2.56 bits per heavy atom. The molecule has 0 saturated heterocycles. The van der Waals surface area contributed by atoms with E-state index in [1.54, 1.807) is 6.08 Å². The lowest BCUT2D eigenvalue weighted by Crippen LogP contribution is -2.26. The fraction of sp³-hybridized carbons (Fsp3) is 0.167. The molecule has 1 amide bonds. The third kappa shape index (κ3) is 3.66. The SMILES string of the molecule is O=C(NCCC=Cc1[nH]nc2nc[nH]c(=O)c12)OCC1c2ccccc2-c2ccccc21. The van der Waals surface area contributed by atoms with Gasteiger partial charge in [-0.25, -0.2) is 9.78 Å². The van der Waals surface area contributed by atoms with Crippen LogP contribution in [0, 0.1) is 0 Å². The topological polar surface area (TPSA) is 113 Å². The van der Waals surface area contributed by atoms with Gasteiger partial charge in [-0.05, 0) is 34.8 Å². The molecule has 0 saturated carbocycles. The third-order valence-electron chi connectivity index (χ3n) is 5.59. The summed E-state index contributed by atoms with van der Waals surface area (Å²) in [7, 11) is 0. The number of amides is 1. The molecule has 0 radical (unpaired) electrons. The van der Waals surface area contributed by atoms with E-state index < -0.39 is 6.09 Å². The van der Waals surface area contributed by atoms with Crippen molar-refractivity contribution in [2.24, 2.45) is 0 Å². The van der Waals surface area contributed by atoms with Crippen LogP contribution in [0.3, 0.4) is 0 Å². The van der Waals surface area contributed by atoms with Crippen LogP contribution in [0.25, 0.3) is 28.2 Å². The van der Waals surface area contributed by atoms with Crippen LogP contribution in [0.4, 0.5) is 4.79 Å². The number of hydrogen-bond acceptors (Lipinski definition) is 5. The van der Waals surface area contributed by atoms with Gasteiger partial charge in [0.15, 0.2) is 5.65 Å². The number of nitrogens with one attached hydrogen (secondary N) is 3. The van der Waals surface area contributed by atoms with Gasteiger partial charge in [0.2, 0.25) is 0 Å². The molecule has 0 fully saturated rings. The summed E-state index contributed by atoms with van der Waals surface area (Å²) in [4.78, 5) is 30.7. The molecular weight excluding hydrogens is 406 g/mol. The molecule has 160 valence electrons. The van der Waals surface area contributed by atoms with Crippen LogP contribution in [0.1, 0.15) is 29.2 Å². The molecule has 2 aromatic heterocycles. The maximum Gasteiger partial charge on any atom is 0.407 e. The van der Waals surface area contributed by atoms with Gasteiger partial charge >= 0.3 is 6.09 Å². The van der Waals surface area contributed by atoms with E-state index in [9.17, 15) is 9.59 Å². The van der Waals surface area contributed by atoms with Gasteiger partial charge < -0.3 is 15.0 Å². The zero-order valence-corrected chi connectivity index (χ0v) is 17.2. The highest BCUT2D eigenvalue weighted by atomic mass is 16.5. The summed E-state index contributed by atoms with van der Waals surface area (Å²) in [5.74, 6) is 0.0356. The number of nitrogens with zero attached hydrogens (tertiary/aromatic N) is 2. The number of rotatable bonds is 6. The molecule has 0 aliphatic heterocycles. The number of benzene rings is 2. The number of alkyl carbamates (subject to hydrolysis) is 1. The number of hydrogen-bond donors (Lipinski definition) is 3. The van der Waals surface area contributed by atoms with Gasteiger partial charge in [-0.15, -0.1) is 0 Å². The van der Waals surface area contributed by atoms with Gasteiger partial charge in [-0.2, -0.15) is 5.10 Å². The van der Waals surface area contributed by atoms with Gasteiger partial charge in [-0.1, -0.05) is 54.6 Å². The second-order valence-corrected chi connectivity index (χ2v) is 7.51. The average Bonchev–Trinajstić information content (AvgIpc) is 3.37. The monoisotopic (exact) mass is 427 g/mol. The van der Waals surface area contributed by atoms with E-state index in [1.165, 1.54) is 28.6 Å². The molecule has 0 bridgehead atoms. The molecule has 0 atom stereocenters. The largest absolute Gasteiger partial charge is 0.449 e. The van der Waals surface area contributed by atoms with E-state index in [4.69, 9.17) is 4.74 Å². The number of aromatic amines is 2. The Morgan fingerprint density at radius 2 is 1.81 bits per heavy atom. The van der Waals surface area contributed by atoms with Crippen LogP contribution < -0.4 is 10.9 Å². The number of fused-ring (bicyclic) bond motifs is 4. The zero-order chi connectivity index (χ0) is 21.9. The Morgan fingerprint density at radius 1 is 1.09 bits per heavy atom. The van der Waals surface area contributed by atoms with E-state index in [0.717, 1.165) is 0 Å². The van der Waals surface area contributed by atoms with Crippen LogP contribution in [0.2, 0.25) is 0 Å². The Balaban J connectivity index is 1.15. The maximum atomic E-state index is 12.2. The predicted octanol–water partition coefficient (Wildman–Crippen LogP) is 3.59. The minimum Gasteiger partial charge on any atom is -0.449 e. The number of H-pyrrole nitrogens is 2. The molecule has 1 aliphatic rings. The summed E-state index contributed by atoms with van der Waals surface area (Å²) in [5.41, 5.74) is 5.45. The predicted molar refractivity (Wildman–Crippen MR) is 121 cm³/mol. The van der Waals surface area contributed by atoms with Crippen molar-refractivity contribution in [1.29, 1.82) is 0 Å². The van der Waals surface area contributed by atoms with Crippen LogP contribution in [-0.2, 0) is 4.74 Å². The Bertz CT molecular complexity index is 1330. The van der Waals surface area contributed by atoms with Crippen LogP contribution in [0.15, 0.2) is 65.7 Å². The smallest absolute Gasteiger partial charge is 0.407 e. The van der Waals surface area contributed by atoms with Crippen molar-refractivity contribution < 1.29 is 9.53 Å². The number of carbonyl (C=O) groups is 1. The summed E-state index contributed by atoms with van der Waals surface area (Å²) in [6, 6.07) is 16.5. The molecule has 32 heavy (non-hydrogen) atoms. The average molecular weight is 427 g/mol. The van der Waals surface area contributed by atoms with E-state index in [-0.39, 0.29) is 18.1 Å². The number of aromatic nitrogens is 4. The molecule has 5 rings (SSSR count). The molecule has 3 N–H and O–H groups in total. The minimum absolute atomic E-state index is 0.0356. The van der Waals surface area contributed by atoms with Gasteiger partial charge in [0.05, 0.1) is 12.0 Å². The lowest BCUT2D eigenvalue weighted by molar-refractivity contribution is 0.143. The first kappa shape index (κ1) is 19.7. The molecule has 2 aromatic carbocycles. The Labute approximate surface area is 183 Å². The molecular formula is C24H21N5O3. The lowest BCUT2D eigenvalue weighted by Gasteiger charge is -2.14. The Kier molecular flexibility index (Phi) is 5.25. The molecule has 8 heteroatoms. The summed E-state index contributed by atoms with van der Waals surface area (Å²) in [6.45, 7) is 0.694. The lowest BCUT2D eigenvalue weighted by atomic mass is 9.98. The van der Waals surface area contributed by atoms with Gasteiger partial charge in [0.1, 0.15) is 12.0 Å². The van der Waals surface area contributed by atoms with Crippen molar-refractivity contribution in [2.75, 3.05) is 13.2 Å². The summed E-state index contributed by atoms with van der Waals surface area (Å²) >= 11 is 0. The summed E-state index contributed by atoms with van der Waals surface area (Å²) < 4.78 is 5.52. The quantitative estimate of drug-likeness (QED) is 0.407. The fourth-order valence-electron chi connectivity index (χ4n) is 4.12. The molecule has 0 spiro atoms. The first-order chi connectivity index (χ1) is 15.7. The molecule has 4 aromatic rings. The highest BCUT2D eigenvalue weighted by molar-refractivity contribution is 5.82.